The van der Waals surface area contributed by atoms with Crippen molar-refractivity contribution >= 4 is 6.21 Å². The predicted molar refractivity (Wildman–Crippen MR) is 42.7 cm³/mol. The Morgan fingerprint density at radius 1 is 1.67 bits per heavy atom. The molecule has 0 fully saturated rings. The lowest BCUT2D eigenvalue weighted by atomic mass is 10.4. The van der Waals surface area contributed by atoms with Crippen LogP contribution in [0.25, 0.3) is 0 Å². The standard InChI is InChI=1S/C8H13N/c1-4-6-7-9-8(3)5-2/h4-5,7H,1,6H2,2-3H3/b8-5-,9-7?. The molecule has 0 rings (SSSR count). The van der Waals surface area contributed by atoms with E-state index in [0.717, 1.165) is 12.1 Å². The Morgan fingerprint density at radius 2 is 2.33 bits per heavy atom. The zero-order chi connectivity index (χ0) is 7.11. The smallest absolute Gasteiger partial charge is 0.0326 e. The minimum Gasteiger partial charge on any atom is -0.266 e. The third-order valence-corrected chi connectivity index (χ3v) is 0.985. The maximum atomic E-state index is 4.10. The first-order chi connectivity index (χ1) is 4.31. The fourth-order valence-corrected chi connectivity index (χ4v) is 0.346. The van der Waals surface area contributed by atoms with Crippen LogP contribution < -0.4 is 0 Å². The highest BCUT2D eigenvalue weighted by atomic mass is 14.7. The van der Waals surface area contributed by atoms with Crippen molar-refractivity contribution in [1.82, 2.24) is 0 Å². The van der Waals surface area contributed by atoms with Gasteiger partial charge in [0.05, 0.1) is 0 Å². The van der Waals surface area contributed by atoms with Gasteiger partial charge in [-0.25, -0.2) is 0 Å². The van der Waals surface area contributed by atoms with Crippen molar-refractivity contribution < 1.29 is 0 Å². The van der Waals surface area contributed by atoms with Crippen LogP contribution in [0.3, 0.4) is 0 Å². The van der Waals surface area contributed by atoms with Crippen LogP contribution in [0, 0.1) is 0 Å². The topological polar surface area (TPSA) is 12.4 Å². The molecular weight excluding hydrogens is 110 g/mol. The summed E-state index contributed by atoms with van der Waals surface area (Å²) in [6.07, 6.45) is 6.50. The molecule has 0 spiro atoms. The van der Waals surface area contributed by atoms with E-state index in [1.165, 1.54) is 0 Å². The first-order valence-electron chi connectivity index (χ1n) is 3.07. The minimum absolute atomic E-state index is 0.852. The van der Waals surface area contributed by atoms with Crippen LogP contribution in [-0.4, -0.2) is 6.21 Å². The number of hydrogen-bond acceptors (Lipinski definition) is 1. The summed E-state index contributed by atoms with van der Waals surface area (Å²) in [5.74, 6) is 0. The number of rotatable bonds is 3. The molecule has 0 aromatic heterocycles. The maximum absolute atomic E-state index is 4.10. The van der Waals surface area contributed by atoms with Crippen molar-refractivity contribution in [3.63, 3.8) is 0 Å². The average molecular weight is 123 g/mol. The molecule has 0 N–H and O–H groups in total. The molecule has 1 nitrogen and oxygen atoms in total. The second-order valence-electron chi connectivity index (χ2n) is 1.77. The largest absolute Gasteiger partial charge is 0.266 e. The summed E-state index contributed by atoms with van der Waals surface area (Å²) in [5, 5.41) is 0. The van der Waals surface area contributed by atoms with E-state index in [1.807, 2.05) is 32.2 Å². The summed E-state index contributed by atoms with van der Waals surface area (Å²) in [5.41, 5.74) is 1.05. The van der Waals surface area contributed by atoms with Crippen molar-refractivity contribution in [2.75, 3.05) is 0 Å². The van der Waals surface area contributed by atoms with Gasteiger partial charge in [-0.1, -0.05) is 12.2 Å². The molecule has 0 saturated heterocycles. The van der Waals surface area contributed by atoms with Gasteiger partial charge in [-0.3, -0.25) is 4.99 Å². The molecule has 0 aromatic carbocycles. The fourth-order valence-electron chi connectivity index (χ4n) is 0.346. The molecule has 0 atom stereocenters. The maximum Gasteiger partial charge on any atom is 0.0326 e. The summed E-state index contributed by atoms with van der Waals surface area (Å²) in [6, 6.07) is 0. The molecule has 0 heterocycles. The van der Waals surface area contributed by atoms with Gasteiger partial charge in [0, 0.05) is 18.3 Å². The van der Waals surface area contributed by atoms with Gasteiger partial charge in [0.25, 0.3) is 0 Å². The first-order valence-corrected chi connectivity index (χ1v) is 3.07. The molecule has 0 aromatic rings. The number of allylic oxidation sites excluding steroid dienone is 3. The van der Waals surface area contributed by atoms with E-state index in [9.17, 15) is 0 Å². The van der Waals surface area contributed by atoms with Crippen LogP contribution in [0.4, 0.5) is 0 Å². The predicted octanol–water partition coefficient (Wildman–Crippen LogP) is 2.56. The van der Waals surface area contributed by atoms with Gasteiger partial charge in [0.2, 0.25) is 0 Å². The quantitative estimate of drug-likeness (QED) is 0.404. The SMILES string of the molecule is C=CCC=N/C(C)=C\C. The Bertz CT molecular complexity index is 132. The summed E-state index contributed by atoms with van der Waals surface area (Å²) < 4.78 is 0. The van der Waals surface area contributed by atoms with Gasteiger partial charge < -0.3 is 0 Å². The van der Waals surface area contributed by atoms with Gasteiger partial charge in [-0.15, -0.1) is 6.58 Å². The number of aliphatic imine (C=N–C) groups is 1. The van der Waals surface area contributed by atoms with Gasteiger partial charge in [0.15, 0.2) is 0 Å². The van der Waals surface area contributed by atoms with Crippen LogP contribution in [-0.2, 0) is 0 Å². The summed E-state index contributed by atoms with van der Waals surface area (Å²) in [6.45, 7) is 7.52. The zero-order valence-corrected chi connectivity index (χ0v) is 6.09. The van der Waals surface area contributed by atoms with Crippen molar-refractivity contribution in [1.29, 1.82) is 0 Å². The lowest BCUT2D eigenvalue weighted by Crippen LogP contribution is -1.70. The Hall–Kier alpha value is -0.850. The molecular formula is C8H13N. The van der Waals surface area contributed by atoms with Crippen molar-refractivity contribution in [2.24, 2.45) is 4.99 Å². The third kappa shape index (κ3) is 5.01. The van der Waals surface area contributed by atoms with E-state index in [-0.39, 0.29) is 0 Å². The Balaban J connectivity index is 3.56. The minimum atomic E-state index is 0.852. The molecule has 0 unspecified atom stereocenters. The Kier molecular flexibility index (Phi) is 4.79. The van der Waals surface area contributed by atoms with E-state index >= 15 is 0 Å². The highest BCUT2D eigenvalue weighted by Gasteiger charge is 1.74. The lowest BCUT2D eigenvalue weighted by molar-refractivity contribution is 1.28. The molecule has 0 aliphatic rings. The molecule has 0 amide bonds. The van der Waals surface area contributed by atoms with Gasteiger partial charge >= 0.3 is 0 Å². The van der Waals surface area contributed by atoms with E-state index in [1.54, 1.807) is 0 Å². The normalized spacial score (nSPS) is 12.4. The number of hydrogen-bond donors (Lipinski definition) is 0. The van der Waals surface area contributed by atoms with Crippen molar-refractivity contribution in [2.45, 2.75) is 20.3 Å². The van der Waals surface area contributed by atoms with E-state index in [2.05, 4.69) is 11.6 Å². The highest BCUT2D eigenvalue weighted by molar-refractivity contribution is 5.60. The second kappa shape index (κ2) is 5.29. The molecule has 0 bridgehead atoms. The zero-order valence-electron chi connectivity index (χ0n) is 6.09. The summed E-state index contributed by atoms with van der Waals surface area (Å²) >= 11 is 0. The second-order valence-corrected chi connectivity index (χ2v) is 1.77. The summed E-state index contributed by atoms with van der Waals surface area (Å²) in [7, 11) is 0. The van der Waals surface area contributed by atoms with Crippen LogP contribution in [0.15, 0.2) is 29.4 Å². The molecule has 1 heteroatoms. The van der Waals surface area contributed by atoms with Gasteiger partial charge in [0.1, 0.15) is 0 Å². The Morgan fingerprint density at radius 3 is 2.78 bits per heavy atom. The molecule has 9 heavy (non-hydrogen) atoms. The Labute approximate surface area is 56.8 Å². The average Bonchev–Trinajstić information content (AvgIpc) is 1.89. The molecule has 0 aliphatic heterocycles. The molecule has 0 aliphatic carbocycles. The first kappa shape index (κ1) is 8.15. The third-order valence-electron chi connectivity index (χ3n) is 0.985. The lowest BCUT2D eigenvalue weighted by Gasteiger charge is -1.85. The van der Waals surface area contributed by atoms with E-state index in [0.29, 0.717) is 0 Å². The molecule has 0 radical (unpaired) electrons. The van der Waals surface area contributed by atoms with E-state index in [4.69, 9.17) is 0 Å². The van der Waals surface area contributed by atoms with Gasteiger partial charge in [-0.2, -0.15) is 0 Å². The van der Waals surface area contributed by atoms with Crippen molar-refractivity contribution in [3.05, 3.63) is 24.4 Å². The molecule has 50 valence electrons. The van der Waals surface area contributed by atoms with Crippen LogP contribution >= 0.6 is 0 Å². The van der Waals surface area contributed by atoms with Crippen molar-refractivity contribution in [3.8, 4) is 0 Å². The van der Waals surface area contributed by atoms with Crippen LogP contribution in [0.1, 0.15) is 20.3 Å². The van der Waals surface area contributed by atoms with E-state index < -0.39 is 0 Å². The summed E-state index contributed by atoms with van der Waals surface area (Å²) in [4.78, 5) is 4.10. The molecule has 0 saturated carbocycles. The monoisotopic (exact) mass is 123 g/mol. The van der Waals surface area contributed by atoms with Gasteiger partial charge in [-0.05, 0) is 13.8 Å². The number of nitrogens with zero attached hydrogens (tertiary/aromatic N) is 1. The van der Waals surface area contributed by atoms with Crippen LogP contribution in [0.2, 0.25) is 0 Å². The fraction of sp³-hybridized carbons (Fsp3) is 0.375. The highest BCUT2D eigenvalue weighted by Crippen LogP contribution is 1.91. The van der Waals surface area contributed by atoms with Crippen LogP contribution in [0.5, 0.6) is 0 Å².